The number of hydrogen-bond donors (Lipinski definition) is 4. The first-order valence-electron chi connectivity index (χ1n) is 5.81. The van der Waals surface area contributed by atoms with Gasteiger partial charge in [-0.15, -0.1) is 0 Å². The molecule has 0 saturated heterocycles. The maximum Gasteiger partial charge on any atom is 0.326 e. The predicted octanol–water partition coefficient (Wildman–Crippen LogP) is -0.597. The molecule has 1 aromatic heterocycles. The molecular weight excluding hydrogens is 236 g/mol. The highest BCUT2D eigenvalue weighted by Gasteiger charge is 2.41. The van der Waals surface area contributed by atoms with Crippen LogP contribution in [0.2, 0.25) is 0 Å². The lowest BCUT2D eigenvalue weighted by molar-refractivity contribution is -0.143. The summed E-state index contributed by atoms with van der Waals surface area (Å²) in [5, 5.41) is 11.6. The molecule has 98 valence electrons. The van der Waals surface area contributed by atoms with E-state index < -0.39 is 17.6 Å². The average molecular weight is 252 g/mol. The molecule has 1 aliphatic rings. The normalized spacial score (nSPS) is 18.7. The maximum absolute atomic E-state index is 11.9. The second kappa shape index (κ2) is 4.77. The van der Waals surface area contributed by atoms with E-state index in [1.165, 1.54) is 12.5 Å². The molecule has 7 nitrogen and oxygen atoms in total. The van der Waals surface area contributed by atoms with Gasteiger partial charge in [0.1, 0.15) is 6.04 Å². The van der Waals surface area contributed by atoms with Crippen molar-refractivity contribution in [2.45, 2.75) is 37.3 Å². The highest BCUT2D eigenvalue weighted by atomic mass is 16.4. The van der Waals surface area contributed by atoms with Crippen LogP contribution < -0.4 is 11.1 Å². The van der Waals surface area contributed by atoms with Crippen molar-refractivity contribution in [3.8, 4) is 0 Å². The summed E-state index contributed by atoms with van der Waals surface area (Å²) in [5.41, 5.74) is 5.61. The highest BCUT2D eigenvalue weighted by Crippen LogP contribution is 2.29. The Bertz CT molecular complexity index is 439. The smallest absolute Gasteiger partial charge is 0.326 e. The number of nitrogens with two attached hydrogens (primary N) is 1. The van der Waals surface area contributed by atoms with E-state index in [0.29, 0.717) is 18.5 Å². The van der Waals surface area contributed by atoms with Gasteiger partial charge in [-0.25, -0.2) is 9.78 Å². The number of H-pyrrole nitrogens is 1. The number of carbonyl (C=O) groups is 2. The number of carboxylic acids is 1. The molecule has 0 aromatic carbocycles. The number of carbonyl (C=O) groups excluding carboxylic acids is 1. The van der Waals surface area contributed by atoms with E-state index in [0.717, 1.165) is 6.42 Å². The maximum atomic E-state index is 11.9. The fourth-order valence-corrected chi connectivity index (χ4v) is 1.90. The van der Waals surface area contributed by atoms with E-state index >= 15 is 0 Å². The monoisotopic (exact) mass is 252 g/mol. The Balaban J connectivity index is 1.98. The van der Waals surface area contributed by atoms with Crippen molar-refractivity contribution < 1.29 is 14.7 Å². The number of amides is 1. The molecule has 1 heterocycles. The van der Waals surface area contributed by atoms with Crippen molar-refractivity contribution in [2.24, 2.45) is 5.73 Å². The molecule has 2 rings (SSSR count). The summed E-state index contributed by atoms with van der Waals surface area (Å²) in [5.74, 6) is -1.47. The van der Waals surface area contributed by atoms with Crippen molar-refractivity contribution >= 4 is 11.9 Å². The molecule has 1 atom stereocenters. The van der Waals surface area contributed by atoms with Gasteiger partial charge in [-0.3, -0.25) is 4.79 Å². The zero-order valence-corrected chi connectivity index (χ0v) is 9.85. The number of aromatic amines is 1. The fraction of sp³-hybridized carbons (Fsp3) is 0.545. The van der Waals surface area contributed by atoms with Gasteiger partial charge in [0.05, 0.1) is 11.9 Å². The molecule has 0 bridgehead atoms. The first-order chi connectivity index (χ1) is 8.51. The molecule has 1 fully saturated rings. The Morgan fingerprint density at radius 2 is 2.33 bits per heavy atom. The topological polar surface area (TPSA) is 121 Å². The molecular formula is C11H16N4O3. The summed E-state index contributed by atoms with van der Waals surface area (Å²) >= 11 is 0. The van der Waals surface area contributed by atoms with Gasteiger partial charge in [0.2, 0.25) is 5.91 Å². The molecule has 5 N–H and O–H groups in total. The van der Waals surface area contributed by atoms with Crippen LogP contribution in [0, 0.1) is 0 Å². The van der Waals surface area contributed by atoms with Gasteiger partial charge in [-0.05, 0) is 19.3 Å². The van der Waals surface area contributed by atoms with Crippen LogP contribution in [0.1, 0.15) is 25.0 Å². The van der Waals surface area contributed by atoms with Crippen LogP contribution in [0.3, 0.4) is 0 Å². The lowest BCUT2D eigenvalue weighted by Gasteiger charge is -2.36. The molecule has 0 aliphatic heterocycles. The Morgan fingerprint density at radius 3 is 2.78 bits per heavy atom. The minimum absolute atomic E-state index is 0.164. The Kier molecular flexibility index (Phi) is 3.33. The minimum Gasteiger partial charge on any atom is -0.480 e. The zero-order chi connectivity index (χ0) is 13.2. The third kappa shape index (κ3) is 2.51. The highest BCUT2D eigenvalue weighted by molar-refractivity contribution is 5.90. The summed E-state index contributed by atoms with van der Waals surface area (Å²) in [4.78, 5) is 29.6. The van der Waals surface area contributed by atoms with Gasteiger partial charge < -0.3 is 21.1 Å². The molecule has 0 radical (unpaired) electrons. The quantitative estimate of drug-likeness (QED) is 0.557. The van der Waals surface area contributed by atoms with Crippen LogP contribution in [0.5, 0.6) is 0 Å². The van der Waals surface area contributed by atoms with Crippen molar-refractivity contribution in [1.82, 2.24) is 15.3 Å². The Morgan fingerprint density at radius 1 is 1.61 bits per heavy atom. The van der Waals surface area contributed by atoms with Crippen molar-refractivity contribution in [1.29, 1.82) is 0 Å². The average Bonchev–Trinajstić information content (AvgIpc) is 2.77. The summed E-state index contributed by atoms with van der Waals surface area (Å²) in [7, 11) is 0. The van der Waals surface area contributed by atoms with Gasteiger partial charge >= 0.3 is 5.97 Å². The molecule has 7 heteroatoms. The van der Waals surface area contributed by atoms with E-state index in [1.807, 2.05) is 0 Å². The SMILES string of the molecule is NC1(C(=O)N[C@H](Cc2cnc[nH]2)C(=O)O)CCC1. The number of carboxylic acid groups (broad SMARTS) is 1. The summed E-state index contributed by atoms with van der Waals surface area (Å²) in [6, 6.07) is -0.987. The van der Waals surface area contributed by atoms with E-state index in [4.69, 9.17) is 10.8 Å². The van der Waals surface area contributed by atoms with Crippen molar-refractivity contribution in [3.63, 3.8) is 0 Å². The first-order valence-corrected chi connectivity index (χ1v) is 5.81. The van der Waals surface area contributed by atoms with E-state index in [-0.39, 0.29) is 12.3 Å². The Hall–Kier alpha value is -1.89. The fourth-order valence-electron chi connectivity index (χ4n) is 1.90. The van der Waals surface area contributed by atoms with Gasteiger partial charge in [0.25, 0.3) is 0 Å². The summed E-state index contributed by atoms with van der Waals surface area (Å²) < 4.78 is 0. The van der Waals surface area contributed by atoms with Crippen LogP contribution in [-0.2, 0) is 16.0 Å². The third-order valence-electron chi connectivity index (χ3n) is 3.28. The van der Waals surface area contributed by atoms with Crippen LogP contribution in [0.15, 0.2) is 12.5 Å². The lowest BCUT2D eigenvalue weighted by atomic mass is 9.77. The second-order valence-corrected chi connectivity index (χ2v) is 4.65. The van der Waals surface area contributed by atoms with Crippen LogP contribution >= 0.6 is 0 Å². The largest absolute Gasteiger partial charge is 0.480 e. The first kappa shape index (κ1) is 12.6. The van der Waals surface area contributed by atoms with Gasteiger partial charge in [-0.1, -0.05) is 0 Å². The van der Waals surface area contributed by atoms with Crippen molar-refractivity contribution in [2.75, 3.05) is 0 Å². The zero-order valence-electron chi connectivity index (χ0n) is 9.85. The number of aliphatic carboxylic acids is 1. The number of hydrogen-bond acceptors (Lipinski definition) is 4. The van der Waals surface area contributed by atoms with E-state index in [2.05, 4.69) is 15.3 Å². The van der Waals surface area contributed by atoms with E-state index in [9.17, 15) is 9.59 Å². The molecule has 1 aromatic rings. The molecule has 1 saturated carbocycles. The summed E-state index contributed by atoms with van der Waals surface area (Å²) in [6.07, 6.45) is 5.28. The predicted molar refractivity (Wildman–Crippen MR) is 62.6 cm³/mol. The Labute approximate surface area is 104 Å². The van der Waals surface area contributed by atoms with Crippen molar-refractivity contribution in [3.05, 3.63) is 18.2 Å². The van der Waals surface area contributed by atoms with Gasteiger partial charge in [-0.2, -0.15) is 0 Å². The minimum atomic E-state index is -1.08. The second-order valence-electron chi connectivity index (χ2n) is 4.65. The number of imidazole rings is 1. The number of rotatable bonds is 5. The van der Waals surface area contributed by atoms with Crippen LogP contribution in [0.25, 0.3) is 0 Å². The van der Waals surface area contributed by atoms with Gasteiger partial charge in [0.15, 0.2) is 0 Å². The standard InChI is InChI=1S/C11H16N4O3/c12-11(2-1-3-11)10(18)15-8(9(16)17)4-7-5-13-6-14-7/h5-6,8H,1-4,12H2,(H,13,14)(H,15,18)(H,16,17)/t8-/m1/s1. The van der Waals surface area contributed by atoms with Crippen LogP contribution in [0.4, 0.5) is 0 Å². The lowest BCUT2D eigenvalue weighted by Crippen LogP contribution is -2.61. The third-order valence-corrected chi connectivity index (χ3v) is 3.28. The molecule has 0 spiro atoms. The molecule has 18 heavy (non-hydrogen) atoms. The molecule has 1 amide bonds. The van der Waals surface area contributed by atoms with Crippen LogP contribution in [-0.4, -0.2) is 38.5 Å². The molecule has 1 aliphatic carbocycles. The molecule has 0 unspecified atom stereocenters. The van der Waals surface area contributed by atoms with E-state index in [1.54, 1.807) is 0 Å². The number of aromatic nitrogens is 2. The van der Waals surface area contributed by atoms with Gasteiger partial charge in [0, 0.05) is 18.3 Å². The number of nitrogens with one attached hydrogen (secondary N) is 2. The summed E-state index contributed by atoms with van der Waals surface area (Å²) in [6.45, 7) is 0. The number of nitrogens with zero attached hydrogens (tertiary/aromatic N) is 1.